The zero-order valence-electron chi connectivity index (χ0n) is 16.5. The van der Waals surface area contributed by atoms with Gasteiger partial charge < -0.3 is 10.0 Å². The lowest BCUT2D eigenvalue weighted by Crippen LogP contribution is -2.52. The van der Waals surface area contributed by atoms with Crippen molar-refractivity contribution in [3.05, 3.63) is 47.8 Å². The molecule has 2 aromatic rings. The van der Waals surface area contributed by atoms with Gasteiger partial charge in [-0.2, -0.15) is 5.10 Å². The van der Waals surface area contributed by atoms with Crippen LogP contribution in [0.3, 0.4) is 0 Å². The molecular formula is C21H32N4O. The Labute approximate surface area is 157 Å². The van der Waals surface area contributed by atoms with Crippen LogP contribution in [-0.4, -0.2) is 64.0 Å². The van der Waals surface area contributed by atoms with E-state index in [1.165, 1.54) is 11.1 Å². The van der Waals surface area contributed by atoms with Crippen LogP contribution in [0.15, 0.2) is 36.7 Å². The molecule has 0 spiro atoms. The fourth-order valence-electron chi connectivity index (χ4n) is 3.91. The Kier molecular flexibility index (Phi) is 5.80. The van der Waals surface area contributed by atoms with Gasteiger partial charge in [0, 0.05) is 31.4 Å². The van der Waals surface area contributed by atoms with Crippen molar-refractivity contribution in [1.82, 2.24) is 19.6 Å². The molecule has 0 saturated carbocycles. The van der Waals surface area contributed by atoms with Crippen LogP contribution in [0, 0.1) is 0 Å². The predicted octanol–water partition coefficient (Wildman–Crippen LogP) is 2.88. The Hall–Kier alpha value is -1.69. The maximum Gasteiger partial charge on any atom is 0.0900 e. The normalized spacial score (nSPS) is 21.7. The minimum Gasteiger partial charge on any atom is -0.387 e. The standard InChI is InChI=1S/C21H32N4O/c1-17(2)19-6-8-20(9-7-19)25-14-18(12-22-25)13-24-11-5-10-21(26,16-24)15-23(3)4/h6-9,12,14,17,26H,5,10-11,13,15-16H2,1-4H3/t21-/m0/s1. The summed E-state index contributed by atoms with van der Waals surface area (Å²) in [6, 6.07) is 8.60. The van der Waals surface area contributed by atoms with Crippen LogP contribution in [0.2, 0.25) is 0 Å². The first kappa shape index (κ1) is 19.1. The van der Waals surface area contributed by atoms with E-state index in [9.17, 15) is 5.11 Å². The Bertz CT molecular complexity index is 707. The van der Waals surface area contributed by atoms with E-state index in [2.05, 4.69) is 59.2 Å². The van der Waals surface area contributed by atoms with Crippen LogP contribution < -0.4 is 0 Å². The second kappa shape index (κ2) is 7.91. The molecule has 0 unspecified atom stereocenters. The van der Waals surface area contributed by atoms with E-state index >= 15 is 0 Å². The first-order valence-electron chi connectivity index (χ1n) is 9.58. The van der Waals surface area contributed by atoms with Gasteiger partial charge in [-0.25, -0.2) is 4.68 Å². The Morgan fingerprint density at radius 1 is 1.23 bits per heavy atom. The molecule has 1 aromatic heterocycles. The summed E-state index contributed by atoms with van der Waals surface area (Å²) < 4.78 is 1.94. The molecule has 0 amide bonds. The molecule has 1 fully saturated rings. The van der Waals surface area contributed by atoms with Gasteiger partial charge in [-0.05, 0) is 57.1 Å². The van der Waals surface area contributed by atoms with Crippen molar-refractivity contribution in [2.45, 2.75) is 44.8 Å². The molecule has 1 atom stereocenters. The fraction of sp³-hybridized carbons (Fsp3) is 0.571. The molecule has 0 radical (unpaired) electrons. The molecule has 2 heterocycles. The highest BCUT2D eigenvalue weighted by Gasteiger charge is 2.33. The summed E-state index contributed by atoms with van der Waals surface area (Å²) in [5.41, 5.74) is 3.01. The minimum absolute atomic E-state index is 0.539. The second-order valence-electron chi connectivity index (χ2n) is 8.32. The van der Waals surface area contributed by atoms with Crippen LogP contribution in [0.4, 0.5) is 0 Å². The molecule has 1 N–H and O–H groups in total. The smallest absolute Gasteiger partial charge is 0.0900 e. The Balaban J connectivity index is 1.64. The van der Waals surface area contributed by atoms with Gasteiger partial charge >= 0.3 is 0 Å². The maximum absolute atomic E-state index is 10.8. The third-order valence-corrected chi connectivity index (χ3v) is 5.11. The highest BCUT2D eigenvalue weighted by atomic mass is 16.3. The summed E-state index contributed by atoms with van der Waals surface area (Å²) in [5.74, 6) is 0.539. The van der Waals surface area contributed by atoms with Crippen molar-refractivity contribution in [2.24, 2.45) is 0 Å². The van der Waals surface area contributed by atoms with Crippen LogP contribution in [0.25, 0.3) is 5.69 Å². The number of aromatic nitrogens is 2. The fourth-order valence-corrected chi connectivity index (χ4v) is 3.91. The molecule has 1 aromatic carbocycles. The zero-order valence-corrected chi connectivity index (χ0v) is 16.5. The molecule has 5 heteroatoms. The van der Waals surface area contributed by atoms with Gasteiger partial charge in [0.2, 0.25) is 0 Å². The van der Waals surface area contributed by atoms with E-state index in [1.807, 2.05) is 25.0 Å². The largest absolute Gasteiger partial charge is 0.387 e. The SMILES string of the molecule is CC(C)c1ccc(-n2cc(CN3CCC[C@](O)(CN(C)C)C3)cn2)cc1. The molecule has 142 valence electrons. The molecule has 26 heavy (non-hydrogen) atoms. The molecule has 1 aliphatic rings. The van der Waals surface area contributed by atoms with Crippen molar-refractivity contribution in [1.29, 1.82) is 0 Å². The molecule has 1 aliphatic heterocycles. The average Bonchev–Trinajstić information content (AvgIpc) is 3.02. The highest BCUT2D eigenvalue weighted by Crippen LogP contribution is 2.23. The van der Waals surface area contributed by atoms with Crippen molar-refractivity contribution in [3.8, 4) is 5.69 Å². The number of rotatable bonds is 6. The van der Waals surface area contributed by atoms with Gasteiger partial charge in [0.25, 0.3) is 0 Å². The first-order chi connectivity index (χ1) is 12.3. The number of likely N-dealkylation sites (N-methyl/N-ethyl adjacent to an activating group) is 1. The molecule has 0 aliphatic carbocycles. The van der Waals surface area contributed by atoms with E-state index in [0.29, 0.717) is 12.5 Å². The van der Waals surface area contributed by atoms with Gasteiger partial charge in [0.1, 0.15) is 0 Å². The summed E-state index contributed by atoms with van der Waals surface area (Å²) in [7, 11) is 4.04. The Morgan fingerprint density at radius 2 is 1.96 bits per heavy atom. The molecule has 3 rings (SSSR count). The molecule has 5 nitrogen and oxygen atoms in total. The van der Waals surface area contributed by atoms with Crippen LogP contribution in [-0.2, 0) is 6.54 Å². The average molecular weight is 357 g/mol. The van der Waals surface area contributed by atoms with E-state index in [-0.39, 0.29) is 0 Å². The van der Waals surface area contributed by atoms with Gasteiger partial charge in [0.05, 0.1) is 17.5 Å². The number of piperidine rings is 1. The van der Waals surface area contributed by atoms with Crippen molar-refractivity contribution in [3.63, 3.8) is 0 Å². The topological polar surface area (TPSA) is 44.5 Å². The number of likely N-dealkylation sites (tertiary alicyclic amines) is 1. The zero-order chi connectivity index (χ0) is 18.7. The van der Waals surface area contributed by atoms with Crippen LogP contribution >= 0.6 is 0 Å². The predicted molar refractivity (Wildman–Crippen MR) is 106 cm³/mol. The lowest BCUT2D eigenvalue weighted by molar-refractivity contribution is -0.0479. The second-order valence-corrected chi connectivity index (χ2v) is 8.32. The number of β-amino-alcohol motifs (C(OH)–C–C–N with tert-alkyl or cyclic N) is 1. The van der Waals surface area contributed by atoms with Crippen molar-refractivity contribution >= 4 is 0 Å². The van der Waals surface area contributed by atoms with Crippen LogP contribution in [0.1, 0.15) is 43.7 Å². The molecule has 1 saturated heterocycles. The number of hydrogen-bond acceptors (Lipinski definition) is 4. The third-order valence-electron chi connectivity index (χ3n) is 5.11. The van der Waals surface area contributed by atoms with Crippen molar-refractivity contribution in [2.75, 3.05) is 33.7 Å². The minimum atomic E-state index is -0.607. The lowest BCUT2D eigenvalue weighted by atomic mass is 9.92. The summed E-state index contributed by atoms with van der Waals surface area (Å²) >= 11 is 0. The van der Waals surface area contributed by atoms with Gasteiger partial charge in [-0.1, -0.05) is 26.0 Å². The summed E-state index contributed by atoms with van der Waals surface area (Å²) in [6.07, 6.45) is 5.96. The number of nitrogens with zero attached hydrogens (tertiary/aromatic N) is 4. The van der Waals surface area contributed by atoms with E-state index in [4.69, 9.17) is 0 Å². The van der Waals surface area contributed by atoms with Gasteiger partial charge in [-0.15, -0.1) is 0 Å². The summed E-state index contributed by atoms with van der Waals surface area (Å²) in [4.78, 5) is 4.42. The number of aliphatic hydroxyl groups is 1. The Morgan fingerprint density at radius 3 is 2.62 bits per heavy atom. The first-order valence-corrected chi connectivity index (χ1v) is 9.58. The monoisotopic (exact) mass is 356 g/mol. The summed E-state index contributed by atoms with van der Waals surface area (Å²) in [5, 5.41) is 15.4. The van der Waals surface area contributed by atoms with E-state index in [0.717, 1.165) is 38.2 Å². The summed E-state index contributed by atoms with van der Waals surface area (Å²) in [6.45, 7) is 7.71. The van der Waals surface area contributed by atoms with E-state index < -0.39 is 5.60 Å². The highest BCUT2D eigenvalue weighted by molar-refractivity contribution is 5.35. The molecule has 0 bridgehead atoms. The quantitative estimate of drug-likeness (QED) is 0.864. The number of benzene rings is 1. The lowest BCUT2D eigenvalue weighted by Gasteiger charge is -2.40. The van der Waals surface area contributed by atoms with Crippen molar-refractivity contribution < 1.29 is 5.11 Å². The van der Waals surface area contributed by atoms with Gasteiger partial charge in [-0.3, -0.25) is 4.90 Å². The van der Waals surface area contributed by atoms with E-state index in [1.54, 1.807) is 0 Å². The third kappa shape index (κ3) is 4.72. The van der Waals surface area contributed by atoms with Crippen LogP contribution in [0.5, 0.6) is 0 Å². The molecular weight excluding hydrogens is 324 g/mol. The van der Waals surface area contributed by atoms with Gasteiger partial charge in [0.15, 0.2) is 0 Å². The maximum atomic E-state index is 10.8. The number of hydrogen-bond donors (Lipinski definition) is 1.